The Balaban J connectivity index is 2.01. The van der Waals surface area contributed by atoms with E-state index in [1.54, 1.807) is 50.2 Å². The molecule has 50 heavy (non-hydrogen) atoms. The van der Waals surface area contributed by atoms with E-state index in [2.05, 4.69) is 6.58 Å². The predicted octanol–water partition coefficient (Wildman–Crippen LogP) is 3.52. The summed E-state index contributed by atoms with van der Waals surface area (Å²) in [6.45, 7) is 12.3. The van der Waals surface area contributed by atoms with Crippen LogP contribution in [0.25, 0.3) is 0 Å². The van der Waals surface area contributed by atoms with Crippen molar-refractivity contribution in [3.05, 3.63) is 96.1 Å². The SMILES string of the molecule is C=C1C(OC(=O)c2ccccc2)C2[C@@H](O)[C@](C)(OC(C)=O)C[C@]2(O)C(=O)[C@@H](C)/C=C\C(C)(C)C(OC(C)=O)[C@H](O)[C@H]1OC(=O)c1ccccc1. The Morgan fingerprint density at radius 1 is 0.800 bits per heavy atom. The Labute approximate surface area is 290 Å². The third kappa shape index (κ3) is 7.72. The largest absolute Gasteiger partial charge is 0.459 e. The molecule has 0 amide bonds. The van der Waals surface area contributed by atoms with Gasteiger partial charge < -0.3 is 34.3 Å². The number of rotatable bonds is 6. The number of carbonyl (C=O) groups excluding carboxylic acids is 5. The predicted molar refractivity (Wildman–Crippen MR) is 178 cm³/mol. The van der Waals surface area contributed by atoms with Crippen molar-refractivity contribution in [1.29, 1.82) is 0 Å². The second kappa shape index (κ2) is 14.7. The molecule has 0 heterocycles. The van der Waals surface area contributed by atoms with Crippen molar-refractivity contribution in [2.24, 2.45) is 17.3 Å². The molecule has 0 radical (unpaired) electrons. The number of fused-ring (bicyclic) bond motifs is 1. The molecule has 1 fully saturated rings. The number of aliphatic hydroxyl groups excluding tert-OH is 2. The zero-order valence-electron chi connectivity index (χ0n) is 28.9. The fourth-order valence-corrected chi connectivity index (χ4v) is 6.88. The normalized spacial score (nSPS) is 33.1. The summed E-state index contributed by atoms with van der Waals surface area (Å²) in [5.74, 6) is -7.17. The highest BCUT2D eigenvalue weighted by atomic mass is 16.6. The number of Topliss-reactive ketones (excluding diaryl/α,β-unsaturated/α-hetero) is 1. The molecule has 0 saturated heterocycles. The van der Waals surface area contributed by atoms with Gasteiger partial charge in [0.15, 0.2) is 11.9 Å². The molecule has 2 aromatic rings. The molecule has 0 aliphatic heterocycles. The van der Waals surface area contributed by atoms with Crippen LogP contribution in [0.15, 0.2) is 85.0 Å². The number of hydrogen-bond donors (Lipinski definition) is 3. The van der Waals surface area contributed by atoms with E-state index in [0.29, 0.717) is 0 Å². The molecule has 1 saturated carbocycles. The zero-order chi connectivity index (χ0) is 37.2. The van der Waals surface area contributed by atoms with Crippen LogP contribution >= 0.6 is 0 Å². The Kier molecular flexibility index (Phi) is 11.2. The topological polar surface area (TPSA) is 183 Å². The van der Waals surface area contributed by atoms with Crippen LogP contribution in [0.2, 0.25) is 0 Å². The van der Waals surface area contributed by atoms with Gasteiger partial charge in [-0.05, 0) is 31.2 Å². The maximum atomic E-state index is 14.3. The van der Waals surface area contributed by atoms with Crippen LogP contribution < -0.4 is 0 Å². The zero-order valence-corrected chi connectivity index (χ0v) is 28.9. The summed E-state index contributed by atoms with van der Waals surface area (Å²) in [5, 5.41) is 36.4. The molecule has 2 aromatic carbocycles. The lowest BCUT2D eigenvalue weighted by molar-refractivity contribution is -0.170. The standard InChI is InChI=1S/C38H44O12/c1-21-18-19-36(5,6)33(47-23(3)39)28(41)30(49-35(45)26-16-12-9-13-17-26)22(2)29(48-34(44)25-14-10-8-11-15-25)27-32(43)37(7,50-24(4)40)20-38(27,46)31(21)42/h8-19,21,27-30,32-33,41,43,46H,2,20H2,1,3-7H3/b19-18-/t21-,27?,28+,29?,30-,32+,33?,37+,38+/m0/s1. The minimum atomic E-state index is -2.53. The molecule has 3 unspecified atom stereocenters. The molecule has 9 atom stereocenters. The van der Waals surface area contributed by atoms with Gasteiger partial charge in [0.05, 0.1) is 17.0 Å². The first-order valence-electron chi connectivity index (χ1n) is 16.2. The Morgan fingerprint density at radius 2 is 1.30 bits per heavy atom. The Morgan fingerprint density at radius 3 is 1.78 bits per heavy atom. The number of esters is 4. The number of aliphatic hydroxyl groups is 3. The highest BCUT2D eigenvalue weighted by Gasteiger charge is 2.67. The lowest BCUT2D eigenvalue weighted by atomic mass is 9.72. The molecule has 2 aliphatic carbocycles. The van der Waals surface area contributed by atoms with Gasteiger partial charge in [0.2, 0.25) is 0 Å². The van der Waals surface area contributed by atoms with Crippen LogP contribution in [0.5, 0.6) is 0 Å². The van der Waals surface area contributed by atoms with Crippen LogP contribution in [0, 0.1) is 17.3 Å². The number of allylic oxidation sites excluding steroid dienone is 1. The van der Waals surface area contributed by atoms with Crippen molar-refractivity contribution in [2.75, 3.05) is 0 Å². The molecule has 12 heteroatoms. The van der Waals surface area contributed by atoms with Gasteiger partial charge in [-0.15, -0.1) is 0 Å². The minimum absolute atomic E-state index is 0.0464. The third-order valence-electron chi connectivity index (χ3n) is 9.36. The van der Waals surface area contributed by atoms with Crippen molar-refractivity contribution >= 4 is 29.7 Å². The van der Waals surface area contributed by atoms with E-state index in [-0.39, 0.29) is 16.7 Å². The quantitative estimate of drug-likeness (QED) is 0.228. The number of ether oxygens (including phenoxy) is 4. The summed E-state index contributed by atoms with van der Waals surface area (Å²) in [6.07, 6.45) is -6.53. The number of benzene rings is 2. The van der Waals surface area contributed by atoms with E-state index in [4.69, 9.17) is 18.9 Å². The fraction of sp³-hybridized carbons (Fsp3) is 0.447. The van der Waals surface area contributed by atoms with E-state index in [1.807, 2.05) is 0 Å². The molecule has 0 aromatic heterocycles. The van der Waals surface area contributed by atoms with Crippen molar-refractivity contribution < 1.29 is 58.2 Å². The lowest BCUT2D eigenvalue weighted by Gasteiger charge is -2.42. The molecular formula is C38H44O12. The third-order valence-corrected chi connectivity index (χ3v) is 9.36. The molecular weight excluding hydrogens is 648 g/mol. The van der Waals surface area contributed by atoms with E-state index in [0.717, 1.165) is 13.8 Å². The summed E-state index contributed by atoms with van der Waals surface area (Å²) >= 11 is 0. The van der Waals surface area contributed by atoms with E-state index in [9.17, 15) is 39.3 Å². The second-order valence-electron chi connectivity index (χ2n) is 13.8. The van der Waals surface area contributed by atoms with Crippen LogP contribution in [0.4, 0.5) is 0 Å². The van der Waals surface area contributed by atoms with Gasteiger partial charge in [-0.3, -0.25) is 14.4 Å². The average molecular weight is 693 g/mol. The van der Waals surface area contributed by atoms with Gasteiger partial charge >= 0.3 is 23.9 Å². The first kappa shape index (κ1) is 38.2. The maximum absolute atomic E-state index is 14.3. The Hall–Kier alpha value is -4.65. The van der Waals surface area contributed by atoms with Gasteiger partial charge in [-0.1, -0.05) is 75.9 Å². The Bertz CT molecular complexity index is 1650. The summed E-state index contributed by atoms with van der Waals surface area (Å²) in [4.78, 5) is 66.3. The van der Waals surface area contributed by atoms with E-state index >= 15 is 0 Å². The first-order valence-corrected chi connectivity index (χ1v) is 16.2. The average Bonchev–Trinajstić information content (AvgIpc) is 3.26. The van der Waals surface area contributed by atoms with Crippen LogP contribution in [0.1, 0.15) is 68.7 Å². The highest BCUT2D eigenvalue weighted by Crippen LogP contribution is 2.51. The summed E-state index contributed by atoms with van der Waals surface area (Å²) < 4.78 is 23.0. The molecule has 2 aliphatic rings. The fourth-order valence-electron chi connectivity index (χ4n) is 6.88. The number of ketones is 1. The highest BCUT2D eigenvalue weighted by molar-refractivity contribution is 5.93. The van der Waals surface area contributed by atoms with Gasteiger partial charge in [0, 0.05) is 37.2 Å². The van der Waals surface area contributed by atoms with Crippen LogP contribution in [-0.4, -0.2) is 86.7 Å². The summed E-state index contributed by atoms with van der Waals surface area (Å²) in [7, 11) is 0. The van der Waals surface area contributed by atoms with Gasteiger partial charge in [-0.2, -0.15) is 0 Å². The summed E-state index contributed by atoms with van der Waals surface area (Å²) in [6, 6.07) is 15.5. The molecule has 12 nitrogen and oxygen atoms in total. The van der Waals surface area contributed by atoms with Crippen molar-refractivity contribution in [2.45, 2.75) is 89.7 Å². The molecule has 4 rings (SSSR count). The number of hydrogen-bond acceptors (Lipinski definition) is 12. The van der Waals surface area contributed by atoms with Crippen molar-refractivity contribution in [1.82, 2.24) is 0 Å². The van der Waals surface area contributed by atoms with Gasteiger partial charge in [0.25, 0.3) is 0 Å². The van der Waals surface area contributed by atoms with Crippen molar-refractivity contribution in [3.8, 4) is 0 Å². The van der Waals surface area contributed by atoms with Gasteiger partial charge in [0.1, 0.15) is 35.6 Å². The first-order chi connectivity index (χ1) is 23.3. The smallest absolute Gasteiger partial charge is 0.338 e. The molecule has 268 valence electrons. The minimum Gasteiger partial charge on any atom is -0.459 e. The maximum Gasteiger partial charge on any atom is 0.338 e. The monoisotopic (exact) mass is 692 g/mol. The number of carbonyl (C=O) groups is 5. The van der Waals surface area contributed by atoms with Crippen LogP contribution in [0.3, 0.4) is 0 Å². The molecule has 0 bridgehead atoms. The van der Waals surface area contributed by atoms with Crippen LogP contribution in [-0.2, 0) is 33.3 Å². The van der Waals surface area contributed by atoms with Crippen molar-refractivity contribution in [3.63, 3.8) is 0 Å². The second-order valence-corrected chi connectivity index (χ2v) is 13.8. The van der Waals surface area contributed by atoms with E-state index in [1.165, 1.54) is 50.3 Å². The molecule has 3 N–H and O–H groups in total. The summed E-state index contributed by atoms with van der Waals surface area (Å²) in [5.41, 5.74) is -5.89. The molecule has 0 spiro atoms. The lowest BCUT2D eigenvalue weighted by Crippen LogP contribution is -2.57. The van der Waals surface area contributed by atoms with Gasteiger partial charge in [-0.25, -0.2) is 9.59 Å². The van der Waals surface area contributed by atoms with E-state index < -0.39 is 95.1 Å².